The van der Waals surface area contributed by atoms with Gasteiger partial charge < -0.3 is 20.3 Å². The van der Waals surface area contributed by atoms with Crippen LogP contribution in [-0.2, 0) is 11.3 Å². The predicted octanol–water partition coefficient (Wildman–Crippen LogP) is 0.917. The highest BCUT2D eigenvalue weighted by atomic mass is 16.5. The first kappa shape index (κ1) is 15.0. The smallest absolute Gasteiger partial charge is 0.237 e. The van der Waals surface area contributed by atoms with Gasteiger partial charge in [0.25, 0.3) is 0 Å². The second-order valence-corrected chi connectivity index (χ2v) is 5.30. The molecule has 2 atom stereocenters. The van der Waals surface area contributed by atoms with Crippen LogP contribution in [0.1, 0.15) is 50.5 Å². The van der Waals surface area contributed by atoms with Crippen molar-refractivity contribution in [2.45, 2.75) is 57.7 Å². The lowest BCUT2D eigenvalue weighted by Crippen LogP contribution is -2.39. The first-order valence-corrected chi connectivity index (χ1v) is 7.28. The number of carbonyl (C=O) groups excluding carboxylic acids is 1. The highest BCUT2D eigenvalue weighted by Gasteiger charge is 2.27. The van der Waals surface area contributed by atoms with E-state index < -0.39 is 6.10 Å². The molecule has 2 heterocycles. The Morgan fingerprint density at radius 2 is 2.35 bits per heavy atom. The minimum atomic E-state index is -0.433. The second-order valence-electron chi connectivity index (χ2n) is 5.30. The summed E-state index contributed by atoms with van der Waals surface area (Å²) in [5.41, 5.74) is 0.952. The molecule has 1 aromatic rings. The Morgan fingerprint density at radius 1 is 1.60 bits per heavy atom. The van der Waals surface area contributed by atoms with Gasteiger partial charge in [-0.3, -0.25) is 4.79 Å². The fourth-order valence-corrected chi connectivity index (χ4v) is 2.53. The van der Waals surface area contributed by atoms with Gasteiger partial charge in [-0.1, -0.05) is 19.0 Å². The van der Waals surface area contributed by atoms with Gasteiger partial charge in [-0.2, -0.15) is 0 Å². The number of nitrogens with zero attached hydrogens (tertiary/aromatic N) is 1. The van der Waals surface area contributed by atoms with Crippen LogP contribution in [0.3, 0.4) is 0 Å². The predicted molar refractivity (Wildman–Crippen MR) is 74.1 cm³/mol. The number of amides is 1. The van der Waals surface area contributed by atoms with Crippen molar-refractivity contribution >= 4 is 5.91 Å². The van der Waals surface area contributed by atoms with Gasteiger partial charge in [0.05, 0.1) is 24.4 Å². The normalized spacial score (nSPS) is 22.4. The minimum Gasteiger partial charge on any atom is -0.392 e. The summed E-state index contributed by atoms with van der Waals surface area (Å²) in [7, 11) is 0. The Bertz CT molecular complexity index is 443. The maximum Gasteiger partial charge on any atom is 0.237 e. The van der Waals surface area contributed by atoms with Crippen molar-refractivity contribution in [1.82, 2.24) is 15.8 Å². The van der Waals surface area contributed by atoms with Crippen molar-refractivity contribution in [3.05, 3.63) is 17.5 Å². The van der Waals surface area contributed by atoms with Gasteiger partial charge in [-0.05, 0) is 19.3 Å². The summed E-state index contributed by atoms with van der Waals surface area (Å²) in [6.45, 7) is 5.06. The van der Waals surface area contributed by atoms with E-state index in [0.29, 0.717) is 31.2 Å². The van der Waals surface area contributed by atoms with Crippen LogP contribution in [0, 0.1) is 0 Å². The standard InChI is InChI=1S/C14H23N3O3/c1-3-9(4-2)12-6-11(20-17-12)8-16-14(19)13-5-10(18)7-15-13/h6,9-10,13,15,18H,3-5,7-8H2,1-2H3,(H,16,19). The van der Waals surface area contributed by atoms with Crippen LogP contribution >= 0.6 is 0 Å². The SMILES string of the molecule is CCC(CC)c1cc(CNC(=O)C2CC(O)CN2)on1. The molecule has 2 rings (SSSR count). The summed E-state index contributed by atoms with van der Waals surface area (Å²) >= 11 is 0. The molecule has 1 aliphatic heterocycles. The molecule has 1 saturated heterocycles. The first-order valence-electron chi connectivity index (χ1n) is 7.28. The van der Waals surface area contributed by atoms with Gasteiger partial charge >= 0.3 is 0 Å². The molecule has 2 unspecified atom stereocenters. The average molecular weight is 281 g/mol. The van der Waals surface area contributed by atoms with Crippen molar-refractivity contribution in [1.29, 1.82) is 0 Å². The molecule has 6 heteroatoms. The molecule has 6 nitrogen and oxygen atoms in total. The van der Waals surface area contributed by atoms with Gasteiger partial charge in [0, 0.05) is 18.5 Å². The Balaban J connectivity index is 1.83. The van der Waals surface area contributed by atoms with Crippen molar-refractivity contribution in [3.8, 4) is 0 Å². The second kappa shape index (κ2) is 6.85. The zero-order valence-corrected chi connectivity index (χ0v) is 12.1. The lowest BCUT2D eigenvalue weighted by atomic mass is 9.99. The molecule has 1 aromatic heterocycles. The lowest BCUT2D eigenvalue weighted by Gasteiger charge is -2.09. The van der Waals surface area contributed by atoms with Crippen LogP contribution in [0.25, 0.3) is 0 Å². The van der Waals surface area contributed by atoms with Crippen LogP contribution < -0.4 is 10.6 Å². The summed E-state index contributed by atoms with van der Waals surface area (Å²) < 4.78 is 5.25. The molecule has 0 aromatic carbocycles. The van der Waals surface area contributed by atoms with E-state index in [2.05, 4.69) is 29.6 Å². The summed E-state index contributed by atoms with van der Waals surface area (Å²) in [5.74, 6) is 0.968. The van der Waals surface area contributed by atoms with Gasteiger partial charge in [0.2, 0.25) is 5.91 Å². The molecule has 3 N–H and O–H groups in total. The van der Waals surface area contributed by atoms with Crippen LogP contribution in [0.4, 0.5) is 0 Å². The molecule has 0 saturated carbocycles. The quantitative estimate of drug-likeness (QED) is 0.721. The van der Waals surface area contributed by atoms with Crippen molar-refractivity contribution in [2.24, 2.45) is 0 Å². The van der Waals surface area contributed by atoms with Crippen LogP contribution in [0.2, 0.25) is 0 Å². The van der Waals surface area contributed by atoms with Gasteiger partial charge in [-0.25, -0.2) is 0 Å². The van der Waals surface area contributed by atoms with E-state index in [9.17, 15) is 9.90 Å². The zero-order valence-electron chi connectivity index (χ0n) is 12.1. The molecule has 0 aliphatic carbocycles. The molecule has 112 valence electrons. The van der Waals surface area contributed by atoms with Crippen LogP contribution in [0.5, 0.6) is 0 Å². The Labute approximate surface area is 118 Å². The average Bonchev–Trinajstić information content (AvgIpc) is 3.07. The van der Waals surface area contributed by atoms with E-state index in [-0.39, 0.29) is 11.9 Å². The van der Waals surface area contributed by atoms with Crippen molar-refractivity contribution in [2.75, 3.05) is 6.54 Å². The number of aromatic nitrogens is 1. The number of nitrogens with one attached hydrogen (secondary N) is 2. The number of hydrogen-bond acceptors (Lipinski definition) is 5. The van der Waals surface area contributed by atoms with Crippen LogP contribution in [0.15, 0.2) is 10.6 Å². The summed E-state index contributed by atoms with van der Waals surface area (Å²) in [4.78, 5) is 11.9. The molecular formula is C14H23N3O3. The molecule has 20 heavy (non-hydrogen) atoms. The lowest BCUT2D eigenvalue weighted by molar-refractivity contribution is -0.123. The number of rotatable bonds is 6. The van der Waals surface area contributed by atoms with Crippen LogP contribution in [-0.4, -0.2) is 34.9 Å². The van der Waals surface area contributed by atoms with E-state index in [1.54, 1.807) is 0 Å². The molecule has 0 spiro atoms. The highest BCUT2D eigenvalue weighted by Crippen LogP contribution is 2.22. The number of carbonyl (C=O) groups is 1. The first-order chi connectivity index (χ1) is 9.63. The summed E-state index contributed by atoms with van der Waals surface area (Å²) in [5, 5.41) is 19.2. The van der Waals surface area contributed by atoms with E-state index in [0.717, 1.165) is 18.5 Å². The monoisotopic (exact) mass is 281 g/mol. The van der Waals surface area contributed by atoms with E-state index in [1.165, 1.54) is 0 Å². The molecule has 0 bridgehead atoms. The third kappa shape index (κ3) is 3.58. The Hall–Kier alpha value is -1.40. The molecular weight excluding hydrogens is 258 g/mol. The largest absolute Gasteiger partial charge is 0.392 e. The van der Waals surface area contributed by atoms with E-state index >= 15 is 0 Å². The van der Waals surface area contributed by atoms with Gasteiger partial charge in [0.15, 0.2) is 5.76 Å². The maximum atomic E-state index is 11.9. The van der Waals surface area contributed by atoms with Crippen molar-refractivity contribution in [3.63, 3.8) is 0 Å². The Morgan fingerprint density at radius 3 is 2.95 bits per heavy atom. The van der Waals surface area contributed by atoms with E-state index in [1.807, 2.05) is 6.07 Å². The van der Waals surface area contributed by atoms with Crippen molar-refractivity contribution < 1.29 is 14.4 Å². The minimum absolute atomic E-state index is 0.109. The van der Waals surface area contributed by atoms with Gasteiger partial charge in [-0.15, -0.1) is 0 Å². The third-order valence-corrected chi connectivity index (χ3v) is 3.84. The fourth-order valence-electron chi connectivity index (χ4n) is 2.53. The van der Waals surface area contributed by atoms with E-state index in [4.69, 9.17) is 4.52 Å². The summed E-state index contributed by atoms with van der Waals surface area (Å²) in [6, 6.07) is 1.60. The fraction of sp³-hybridized carbons (Fsp3) is 0.714. The summed E-state index contributed by atoms with van der Waals surface area (Å²) in [6.07, 6.45) is 2.08. The number of aliphatic hydroxyl groups excluding tert-OH is 1. The molecule has 0 radical (unpaired) electrons. The zero-order chi connectivity index (χ0) is 14.5. The highest BCUT2D eigenvalue weighted by molar-refractivity contribution is 5.82. The third-order valence-electron chi connectivity index (χ3n) is 3.84. The molecule has 1 aliphatic rings. The number of β-amino-alcohol motifs (C(OH)–C–C–N with tert-alkyl or cyclic N) is 1. The van der Waals surface area contributed by atoms with Gasteiger partial charge in [0.1, 0.15) is 0 Å². The molecule has 1 amide bonds. The maximum absolute atomic E-state index is 11.9. The molecule has 1 fully saturated rings. The number of hydrogen-bond donors (Lipinski definition) is 3. The Kier molecular flexibility index (Phi) is 5.14. The number of aliphatic hydroxyl groups is 1. The topological polar surface area (TPSA) is 87.4 Å².